The van der Waals surface area contributed by atoms with Crippen molar-refractivity contribution in [3.8, 4) is 0 Å². The molecule has 0 atom stereocenters. The zero-order valence-electron chi connectivity index (χ0n) is 5.18. The van der Waals surface area contributed by atoms with Gasteiger partial charge in [0.15, 0.2) is 0 Å². The lowest BCUT2D eigenvalue weighted by Gasteiger charge is -2.09. The number of carbonyl (C=O) groups is 1. The minimum absolute atomic E-state index is 0.0127. The number of thioether (sulfide) groups is 1. The van der Waals surface area contributed by atoms with E-state index in [-0.39, 0.29) is 10.9 Å². The maximum absolute atomic E-state index is 10.7. The van der Waals surface area contributed by atoms with E-state index in [0.29, 0.717) is 12.0 Å². The van der Waals surface area contributed by atoms with Crippen LogP contribution in [0.5, 0.6) is 0 Å². The van der Waals surface area contributed by atoms with Gasteiger partial charge in [0.2, 0.25) is 5.12 Å². The standard InChI is InChI=1S/C6H8O2S/c1-4-5(7)2-3-9-6(4)8/h7H,2-3H2,1H3. The lowest BCUT2D eigenvalue weighted by Crippen LogP contribution is -2.06. The average molecular weight is 144 g/mol. The van der Waals surface area contributed by atoms with Crippen LogP contribution in [-0.4, -0.2) is 16.0 Å². The van der Waals surface area contributed by atoms with Gasteiger partial charge in [0, 0.05) is 17.7 Å². The minimum atomic E-state index is 0.0127. The van der Waals surface area contributed by atoms with Crippen molar-refractivity contribution in [3.63, 3.8) is 0 Å². The normalized spacial score (nSPS) is 20.8. The number of carbonyl (C=O) groups excluding carboxylic acids is 1. The molecule has 1 aliphatic rings. The van der Waals surface area contributed by atoms with Crippen molar-refractivity contribution >= 4 is 16.9 Å². The Balaban J connectivity index is 2.84. The summed E-state index contributed by atoms with van der Waals surface area (Å²) >= 11 is 1.27. The Hall–Kier alpha value is -0.440. The molecule has 1 heterocycles. The van der Waals surface area contributed by atoms with E-state index in [1.807, 2.05) is 0 Å². The molecule has 0 saturated carbocycles. The van der Waals surface area contributed by atoms with E-state index in [1.165, 1.54) is 11.8 Å². The van der Waals surface area contributed by atoms with Crippen LogP contribution in [0.4, 0.5) is 0 Å². The average Bonchev–Trinajstić information content (AvgIpc) is 1.83. The highest BCUT2D eigenvalue weighted by Crippen LogP contribution is 2.22. The molecule has 0 bridgehead atoms. The topological polar surface area (TPSA) is 37.3 Å². The molecular weight excluding hydrogens is 136 g/mol. The van der Waals surface area contributed by atoms with Crippen LogP contribution >= 0.6 is 11.8 Å². The first-order valence-corrected chi connectivity index (χ1v) is 3.76. The second-order valence-electron chi connectivity index (χ2n) is 1.96. The van der Waals surface area contributed by atoms with Crippen LogP contribution in [0.25, 0.3) is 0 Å². The van der Waals surface area contributed by atoms with Crippen LogP contribution in [0.2, 0.25) is 0 Å². The summed E-state index contributed by atoms with van der Waals surface area (Å²) in [6.07, 6.45) is 0.641. The quantitative estimate of drug-likeness (QED) is 0.559. The van der Waals surface area contributed by atoms with Gasteiger partial charge in [-0.1, -0.05) is 11.8 Å². The van der Waals surface area contributed by atoms with Crippen molar-refractivity contribution in [1.29, 1.82) is 0 Å². The molecule has 0 aliphatic carbocycles. The molecule has 9 heavy (non-hydrogen) atoms. The fourth-order valence-electron chi connectivity index (χ4n) is 0.654. The Morgan fingerprint density at radius 2 is 2.33 bits per heavy atom. The van der Waals surface area contributed by atoms with Gasteiger partial charge < -0.3 is 5.11 Å². The maximum atomic E-state index is 10.7. The van der Waals surface area contributed by atoms with Crippen LogP contribution in [-0.2, 0) is 4.79 Å². The zero-order chi connectivity index (χ0) is 6.85. The predicted molar refractivity (Wildman–Crippen MR) is 37.4 cm³/mol. The first-order chi connectivity index (χ1) is 4.22. The molecule has 0 aromatic heterocycles. The molecule has 0 unspecified atom stereocenters. The van der Waals surface area contributed by atoms with Gasteiger partial charge in [-0.2, -0.15) is 0 Å². The summed E-state index contributed by atoms with van der Waals surface area (Å²) < 4.78 is 0. The molecule has 0 amide bonds. The molecule has 0 aromatic rings. The van der Waals surface area contributed by atoms with E-state index in [9.17, 15) is 4.79 Å². The van der Waals surface area contributed by atoms with Gasteiger partial charge in [-0.15, -0.1) is 0 Å². The van der Waals surface area contributed by atoms with Gasteiger partial charge in [-0.3, -0.25) is 4.79 Å². The van der Waals surface area contributed by atoms with Gasteiger partial charge in [-0.05, 0) is 6.92 Å². The molecule has 0 saturated heterocycles. The third-order valence-electron chi connectivity index (χ3n) is 1.31. The van der Waals surface area contributed by atoms with Crippen molar-refractivity contribution in [2.24, 2.45) is 0 Å². The van der Waals surface area contributed by atoms with Gasteiger partial charge in [-0.25, -0.2) is 0 Å². The molecule has 0 fully saturated rings. The third kappa shape index (κ3) is 1.27. The fraction of sp³-hybridized carbons (Fsp3) is 0.500. The van der Waals surface area contributed by atoms with Crippen LogP contribution < -0.4 is 0 Å². The summed E-state index contributed by atoms with van der Waals surface area (Å²) in [7, 11) is 0. The number of allylic oxidation sites excluding steroid dienone is 1. The highest BCUT2D eigenvalue weighted by atomic mass is 32.2. The van der Waals surface area contributed by atoms with Gasteiger partial charge in [0.1, 0.15) is 5.76 Å². The molecule has 0 aromatic carbocycles. The number of rotatable bonds is 0. The second-order valence-corrected chi connectivity index (χ2v) is 3.03. The Morgan fingerprint density at radius 3 is 2.78 bits per heavy atom. The lowest BCUT2D eigenvalue weighted by atomic mass is 10.2. The van der Waals surface area contributed by atoms with Crippen LogP contribution in [0.15, 0.2) is 11.3 Å². The van der Waals surface area contributed by atoms with E-state index in [0.717, 1.165) is 5.75 Å². The van der Waals surface area contributed by atoms with E-state index in [2.05, 4.69) is 0 Å². The Kier molecular flexibility index (Phi) is 1.81. The summed E-state index contributed by atoms with van der Waals surface area (Å²) in [6.45, 7) is 1.66. The number of aliphatic hydroxyl groups excluding tert-OH is 1. The molecule has 3 heteroatoms. The van der Waals surface area contributed by atoms with E-state index in [1.54, 1.807) is 6.92 Å². The SMILES string of the molecule is CC1=C(O)CCSC1=O. The third-order valence-corrected chi connectivity index (χ3v) is 2.29. The maximum Gasteiger partial charge on any atom is 0.218 e. The number of hydrogen-bond donors (Lipinski definition) is 1. The van der Waals surface area contributed by atoms with Crippen molar-refractivity contribution in [2.45, 2.75) is 13.3 Å². The molecular formula is C6H8O2S. The van der Waals surface area contributed by atoms with Gasteiger partial charge in [0.25, 0.3) is 0 Å². The molecule has 1 rings (SSSR count). The predicted octanol–water partition coefficient (Wildman–Crippen LogP) is 1.48. The Morgan fingerprint density at radius 1 is 1.67 bits per heavy atom. The number of aliphatic hydroxyl groups is 1. The molecule has 2 nitrogen and oxygen atoms in total. The zero-order valence-corrected chi connectivity index (χ0v) is 5.99. The van der Waals surface area contributed by atoms with Gasteiger partial charge >= 0.3 is 0 Å². The van der Waals surface area contributed by atoms with E-state index < -0.39 is 0 Å². The smallest absolute Gasteiger partial charge is 0.218 e. The van der Waals surface area contributed by atoms with E-state index in [4.69, 9.17) is 5.11 Å². The van der Waals surface area contributed by atoms with Crippen molar-refractivity contribution in [3.05, 3.63) is 11.3 Å². The summed E-state index contributed by atoms with van der Waals surface area (Å²) in [5.41, 5.74) is 0.520. The van der Waals surface area contributed by atoms with Crippen molar-refractivity contribution < 1.29 is 9.90 Å². The van der Waals surface area contributed by atoms with Crippen LogP contribution in [0.1, 0.15) is 13.3 Å². The Bertz CT molecular complexity index is 172. The number of hydrogen-bond acceptors (Lipinski definition) is 3. The van der Waals surface area contributed by atoms with Crippen LogP contribution in [0, 0.1) is 0 Å². The second kappa shape index (κ2) is 2.43. The van der Waals surface area contributed by atoms with E-state index >= 15 is 0 Å². The molecule has 0 spiro atoms. The Labute approximate surface area is 57.9 Å². The summed E-state index contributed by atoms with van der Waals surface area (Å²) in [4.78, 5) is 10.7. The minimum Gasteiger partial charge on any atom is -0.512 e. The first-order valence-electron chi connectivity index (χ1n) is 2.77. The van der Waals surface area contributed by atoms with Crippen molar-refractivity contribution in [2.75, 3.05) is 5.75 Å². The highest BCUT2D eigenvalue weighted by molar-refractivity contribution is 8.14. The molecule has 50 valence electrons. The summed E-state index contributed by atoms with van der Waals surface area (Å²) in [5, 5.41) is 9.01. The monoisotopic (exact) mass is 144 g/mol. The molecule has 1 N–H and O–H groups in total. The highest BCUT2D eigenvalue weighted by Gasteiger charge is 2.15. The summed E-state index contributed by atoms with van der Waals surface area (Å²) in [5.74, 6) is 0.987. The van der Waals surface area contributed by atoms with Gasteiger partial charge in [0.05, 0.1) is 0 Å². The van der Waals surface area contributed by atoms with Crippen LogP contribution in [0.3, 0.4) is 0 Å². The first kappa shape index (κ1) is 6.68. The largest absolute Gasteiger partial charge is 0.512 e. The van der Waals surface area contributed by atoms with Crippen molar-refractivity contribution in [1.82, 2.24) is 0 Å². The lowest BCUT2D eigenvalue weighted by molar-refractivity contribution is -0.108. The molecule has 1 aliphatic heterocycles. The fourth-order valence-corrected chi connectivity index (χ4v) is 1.47. The molecule has 0 radical (unpaired) electrons. The summed E-state index contributed by atoms with van der Waals surface area (Å²) in [6, 6.07) is 0.